The highest BCUT2D eigenvalue weighted by molar-refractivity contribution is 7.71. The summed E-state index contributed by atoms with van der Waals surface area (Å²) in [6, 6.07) is 3.92. The Bertz CT molecular complexity index is 739. The maximum Gasteiger partial charge on any atom is 0.222 e. The molecule has 1 atom stereocenters. The van der Waals surface area contributed by atoms with Crippen molar-refractivity contribution in [2.24, 2.45) is 0 Å². The number of nitrogens with one attached hydrogen (secondary N) is 1. The van der Waals surface area contributed by atoms with Crippen LogP contribution in [0, 0.1) is 4.77 Å². The highest BCUT2D eigenvalue weighted by Gasteiger charge is 2.27. The van der Waals surface area contributed by atoms with Gasteiger partial charge >= 0.3 is 0 Å². The zero-order valence-corrected chi connectivity index (χ0v) is 14.8. The van der Waals surface area contributed by atoms with Crippen LogP contribution in [0.5, 0.6) is 0 Å². The Labute approximate surface area is 146 Å². The monoisotopic (exact) mass is 345 g/mol. The number of amides is 1. The average molecular weight is 345 g/mol. The number of aromatic nitrogens is 4. The van der Waals surface area contributed by atoms with Crippen LogP contribution in [0.4, 0.5) is 0 Å². The fourth-order valence-electron chi connectivity index (χ4n) is 3.32. The molecule has 24 heavy (non-hydrogen) atoms. The van der Waals surface area contributed by atoms with Gasteiger partial charge in [0.2, 0.25) is 5.91 Å². The molecule has 1 saturated heterocycles. The van der Waals surface area contributed by atoms with Crippen molar-refractivity contribution in [2.75, 3.05) is 13.1 Å². The molecule has 7 heteroatoms. The fourth-order valence-corrected chi connectivity index (χ4v) is 3.59. The Kier molecular flexibility index (Phi) is 5.40. The Morgan fingerprint density at radius 1 is 1.50 bits per heavy atom. The molecule has 6 nitrogen and oxygen atoms in total. The number of piperidine rings is 1. The number of aromatic amines is 1. The number of nitrogens with zero attached hydrogens (tertiary/aromatic N) is 4. The van der Waals surface area contributed by atoms with Crippen LogP contribution in [-0.4, -0.2) is 43.6 Å². The van der Waals surface area contributed by atoms with Crippen LogP contribution >= 0.6 is 12.2 Å². The number of pyridine rings is 1. The van der Waals surface area contributed by atoms with Gasteiger partial charge in [-0.1, -0.05) is 6.07 Å². The molecule has 1 amide bonds. The topological polar surface area (TPSA) is 66.8 Å². The Hall–Kier alpha value is -2.02. The summed E-state index contributed by atoms with van der Waals surface area (Å²) < 4.78 is 2.69. The smallest absolute Gasteiger partial charge is 0.222 e. The van der Waals surface area contributed by atoms with Gasteiger partial charge in [-0.25, -0.2) is 0 Å². The Morgan fingerprint density at radius 3 is 3.12 bits per heavy atom. The lowest BCUT2D eigenvalue weighted by Crippen LogP contribution is -2.39. The van der Waals surface area contributed by atoms with Gasteiger partial charge in [-0.3, -0.25) is 14.9 Å². The fraction of sp³-hybridized carbons (Fsp3) is 0.529. The SMILES string of the molecule is CCn1c(C2CCCN(C(=O)CCc3cccnc3)C2)n[nH]c1=S. The summed E-state index contributed by atoms with van der Waals surface area (Å²) in [7, 11) is 0. The van der Waals surface area contributed by atoms with Crippen molar-refractivity contribution in [2.45, 2.75) is 45.1 Å². The molecule has 1 N–H and O–H groups in total. The van der Waals surface area contributed by atoms with Crippen LogP contribution in [0.15, 0.2) is 24.5 Å². The molecule has 0 aliphatic carbocycles. The number of likely N-dealkylation sites (tertiary alicyclic amines) is 1. The maximum atomic E-state index is 12.6. The molecule has 0 aromatic carbocycles. The van der Waals surface area contributed by atoms with E-state index in [9.17, 15) is 4.79 Å². The molecular formula is C17H23N5OS. The zero-order valence-electron chi connectivity index (χ0n) is 13.9. The van der Waals surface area contributed by atoms with E-state index in [0.29, 0.717) is 11.2 Å². The lowest BCUT2D eigenvalue weighted by molar-refractivity contribution is -0.132. The van der Waals surface area contributed by atoms with Gasteiger partial charge in [0.15, 0.2) is 4.77 Å². The summed E-state index contributed by atoms with van der Waals surface area (Å²) >= 11 is 5.28. The average Bonchev–Trinajstić information content (AvgIpc) is 3.01. The van der Waals surface area contributed by atoms with Crippen molar-refractivity contribution in [1.29, 1.82) is 0 Å². The van der Waals surface area contributed by atoms with Gasteiger partial charge in [-0.15, -0.1) is 0 Å². The number of hydrogen-bond acceptors (Lipinski definition) is 4. The molecule has 1 unspecified atom stereocenters. The van der Waals surface area contributed by atoms with E-state index in [-0.39, 0.29) is 11.8 Å². The van der Waals surface area contributed by atoms with Crippen molar-refractivity contribution in [3.8, 4) is 0 Å². The van der Waals surface area contributed by atoms with Crippen molar-refractivity contribution < 1.29 is 4.79 Å². The normalized spacial score (nSPS) is 17.9. The van der Waals surface area contributed by atoms with Crippen LogP contribution < -0.4 is 0 Å². The number of aryl methyl sites for hydroxylation is 1. The van der Waals surface area contributed by atoms with Gasteiger partial charge in [0, 0.05) is 44.4 Å². The van der Waals surface area contributed by atoms with Gasteiger partial charge in [-0.2, -0.15) is 5.10 Å². The molecule has 128 valence electrons. The molecule has 3 rings (SSSR count). The third kappa shape index (κ3) is 3.72. The Balaban J connectivity index is 1.62. The van der Waals surface area contributed by atoms with Gasteiger partial charge < -0.3 is 9.47 Å². The molecular weight excluding hydrogens is 322 g/mol. The second-order valence-corrected chi connectivity index (χ2v) is 6.56. The molecule has 1 aliphatic heterocycles. The summed E-state index contributed by atoms with van der Waals surface area (Å²) in [5.74, 6) is 1.45. The third-order valence-electron chi connectivity index (χ3n) is 4.59. The molecule has 2 aromatic rings. The first kappa shape index (κ1) is 16.8. The lowest BCUT2D eigenvalue weighted by Gasteiger charge is -2.32. The van der Waals surface area contributed by atoms with Crippen LogP contribution in [0.3, 0.4) is 0 Å². The quantitative estimate of drug-likeness (QED) is 0.846. The first-order chi connectivity index (χ1) is 11.7. The van der Waals surface area contributed by atoms with Gasteiger partial charge in [-0.05, 0) is 50.0 Å². The summed E-state index contributed by atoms with van der Waals surface area (Å²) in [6.45, 7) is 4.43. The molecule has 0 bridgehead atoms. The molecule has 1 aliphatic rings. The van der Waals surface area contributed by atoms with Gasteiger partial charge in [0.1, 0.15) is 5.82 Å². The first-order valence-corrected chi connectivity index (χ1v) is 8.91. The predicted molar refractivity (Wildman–Crippen MR) is 94.2 cm³/mol. The summed E-state index contributed by atoms with van der Waals surface area (Å²) in [6.07, 6.45) is 6.89. The maximum absolute atomic E-state index is 12.6. The highest BCUT2D eigenvalue weighted by Crippen LogP contribution is 2.26. The number of hydrogen-bond donors (Lipinski definition) is 1. The van der Waals surface area contributed by atoms with Crippen molar-refractivity contribution in [3.05, 3.63) is 40.7 Å². The van der Waals surface area contributed by atoms with Crippen LogP contribution in [0.1, 0.15) is 43.5 Å². The molecule has 0 saturated carbocycles. The van der Waals surface area contributed by atoms with E-state index in [1.807, 2.05) is 27.8 Å². The van der Waals surface area contributed by atoms with E-state index in [1.54, 1.807) is 6.20 Å². The first-order valence-electron chi connectivity index (χ1n) is 8.50. The molecule has 3 heterocycles. The summed E-state index contributed by atoms with van der Waals surface area (Å²) in [5.41, 5.74) is 1.10. The number of H-pyrrole nitrogens is 1. The highest BCUT2D eigenvalue weighted by atomic mass is 32.1. The standard InChI is InChI=1S/C17H23N5OS/c1-2-22-16(19-20-17(22)24)14-6-4-10-21(12-14)15(23)8-7-13-5-3-9-18-11-13/h3,5,9,11,14H,2,4,6-8,10,12H2,1H3,(H,20,24). The minimum atomic E-state index is 0.209. The second kappa shape index (κ2) is 7.70. The van der Waals surface area contributed by atoms with E-state index >= 15 is 0 Å². The van der Waals surface area contributed by atoms with E-state index in [0.717, 1.165) is 50.3 Å². The van der Waals surface area contributed by atoms with Crippen LogP contribution in [-0.2, 0) is 17.8 Å². The molecule has 1 fully saturated rings. The van der Waals surface area contributed by atoms with E-state index in [4.69, 9.17) is 12.2 Å². The number of carbonyl (C=O) groups is 1. The van der Waals surface area contributed by atoms with Crippen molar-refractivity contribution in [3.63, 3.8) is 0 Å². The minimum absolute atomic E-state index is 0.209. The Morgan fingerprint density at radius 2 is 2.38 bits per heavy atom. The zero-order chi connectivity index (χ0) is 16.9. The van der Waals surface area contributed by atoms with Crippen molar-refractivity contribution in [1.82, 2.24) is 24.6 Å². The minimum Gasteiger partial charge on any atom is -0.342 e. The van der Waals surface area contributed by atoms with E-state index in [1.165, 1.54) is 0 Å². The molecule has 2 aromatic heterocycles. The summed E-state index contributed by atoms with van der Waals surface area (Å²) in [4.78, 5) is 18.6. The van der Waals surface area contributed by atoms with Gasteiger partial charge in [0.05, 0.1) is 0 Å². The second-order valence-electron chi connectivity index (χ2n) is 6.17. The largest absolute Gasteiger partial charge is 0.342 e. The van der Waals surface area contributed by atoms with Gasteiger partial charge in [0.25, 0.3) is 0 Å². The van der Waals surface area contributed by atoms with Crippen molar-refractivity contribution >= 4 is 18.1 Å². The van der Waals surface area contributed by atoms with E-state index < -0.39 is 0 Å². The number of carbonyl (C=O) groups excluding carboxylic acids is 1. The van der Waals surface area contributed by atoms with Crippen LogP contribution in [0.25, 0.3) is 0 Å². The third-order valence-corrected chi connectivity index (χ3v) is 4.91. The predicted octanol–water partition coefficient (Wildman–Crippen LogP) is 2.69. The van der Waals surface area contributed by atoms with Crippen LogP contribution in [0.2, 0.25) is 0 Å². The van der Waals surface area contributed by atoms with E-state index in [2.05, 4.69) is 22.1 Å². The summed E-state index contributed by atoms with van der Waals surface area (Å²) in [5, 5.41) is 7.28. The number of rotatable bonds is 5. The molecule has 0 spiro atoms. The molecule has 0 radical (unpaired) electrons. The lowest BCUT2D eigenvalue weighted by atomic mass is 9.96.